The molecule has 0 radical (unpaired) electrons. The molecule has 0 saturated carbocycles. The first-order valence-corrected chi connectivity index (χ1v) is 8.11. The highest BCUT2D eigenvalue weighted by molar-refractivity contribution is 9.10. The molecule has 2 aromatic rings. The fourth-order valence-corrected chi connectivity index (χ4v) is 3.39. The Labute approximate surface area is 127 Å². The Balaban J connectivity index is 2.23. The van der Waals surface area contributed by atoms with Gasteiger partial charge in [0.05, 0.1) is 12.2 Å². The molecule has 0 fully saturated rings. The van der Waals surface area contributed by atoms with Crippen molar-refractivity contribution >= 4 is 33.0 Å². The molecule has 0 saturated heterocycles. The van der Waals surface area contributed by atoms with Crippen LogP contribution in [0.3, 0.4) is 0 Å². The summed E-state index contributed by atoms with van der Waals surface area (Å²) in [6, 6.07) is 10.7. The van der Waals surface area contributed by atoms with Gasteiger partial charge in [-0.25, -0.2) is 0 Å². The molecule has 0 unspecified atom stereocenters. The zero-order chi connectivity index (χ0) is 13.8. The second-order valence-electron chi connectivity index (χ2n) is 4.59. The molecule has 1 heterocycles. The maximum atomic E-state index is 5.92. The summed E-state index contributed by atoms with van der Waals surface area (Å²) in [7, 11) is 0. The van der Waals surface area contributed by atoms with Crippen molar-refractivity contribution in [1.29, 1.82) is 0 Å². The standard InChI is InChI=1S/C15H19BrN2S/c1-3-18(10-13-5-4-8-19-13)15-7-6-12(11(2)17)9-14(15)16/h4-9,11H,3,10,17H2,1-2H3/t11-/m0/s1. The van der Waals surface area contributed by atoms with Gasteiger partial charge >= 0.3 is 0 Å². The molecule has 0 aliphatic heterocycles. The first kappa shape index (κ1) is 14.6. The predicted molar refractivity (Wildman–Crippen MR) is 87.8 cm³/mol. The Hall–Kier alpha value is -0.840. The molecule has 1 aromatic heterocycles. The molecule has 2 nitrogen and oxygen atoms in total. The molecular weight excluding hydrogens is 320 g/mol. The summed E-state index contributed by atoms with van der Waals surface area (Å²) >= 11 is 5.47. The van der Waals surface area contributed by atoms with Crippen LogP contribution in [0.5, 0.6) is 0 Å². The number of benzene rings is 1. The third kappa shape index (κ3) is 3.59. The van der Waals surface area contributed by atoms with Gasteiger partial charge in [-0.15, -0.1) is 11.3 Å². The number of nitrogens with two attached hydrogens (primary N) is 1. The van der Waals surface area contributed by atoms with E-state index in [0.29, 0.717) is 0 Å². The smallest absolute Gasteiger partial charge is 0.0523 e. The third-order valence-corrected chi connectivity index (χ3v) is 4.64. The molecule has 2 rings (SSSR count). The molecule has 0 aliphatic carbocycles. The zero-order valence-corrected chi connectivity index (χ0v) is 13.7. The highest BCUT2D eigenvalue weighted by Crippen LogP contribution is 2.30. The van der Waals surface area contributed by atoms with Crippen LogP contribution in [0.2, 0.25) is 0 Å². The van der Waals surface area contributed by atoms with Gasteiger partial charge in [0.25, 0.3) is 0 Å². The van der Waals surface area contributed by atoms with E-state index in [-0.39, 0.29) is 6.04 Å². The highest BCUT2D eigenvalue weighted by atomic mass is 79.9. The van der Waals surface area contributed by atoms with Crippen molar-refractivity contribution in [1.82, 2.24) is 0 Å². The van der Waals surface area contributed by atoms with Crippen molar-refractivity contribution in [3.05, 3.63) is 50.6 Å². The fourth-order valence-electron chi connectivity index (χ4n) is 2.02. The van der Waals surface area contributed by atoms with Gasteiger partial charge in [0.15, 0.2) is 0 Å². The highest BCUT2D eigenvalue weighted by Gasteiger charge is 2.11. The van der Waals surface area contributed by atoms with E-state index in [4.69, 9.17) is 5.73 Å². The van der Waals surface area contributed by atoms with E-state index < -0.39 is 0 Å². The van der Waals surface area contributed by atoms with Gasteiger partial charge in [-0.1, -0.05) is 12.1 Å². The second-order valence-corrected chi connectivity index (χ2v) is 6.48. The first-order chi connectivity index (χ1) is 9.11. The average Bonchev–Trinajstić information content (AvgIpc) is 2.89. The molecule has 4 heteroatoms. The van der Waals surface area contributed by atoms with E-state index in [1.54, 1.807) is 11.3 Å². The van der Waals surface area contributed by atoms with Crippen LogP contribution in [0.25, 0.3) is 0 Å². The number of hydrogen-bond acceptors (Lipinski definition) is 3. The lowest BCUT2D eigenvalue weighted by atomic mass is 10.1. The van der Waals surface area contributed by atoms with E-state index in [9.17, 15) is 0 Å². The summed E-state index contributed by atoms with van der Waals surface area (Å²) < 4.78 is 1.11. The van der Waals surface area contributed by atoms with Gasteiger partial charge in [0.1, 0.15) is 0 Å². The van der Waals surface area contributed by atoms with Crippen molar-refractivity contribution < 1.29 is 0 Å². The van der Waals surface area contributed by atoms with E-state index in [1.165, 1.54) is 10.6 Å². The van der Waals surface area contributed by atoms with E-state index in [2.05, 4.69) is 63.5 Å². The van der Waals surface area contributed by atoms with E-state index >= 15 is 0 Å². The lowest BCUT2D eigenvalue weighted by Crippen LogP contribution is -2.22. The largest absolute Gasteiger partial charge is 0.366 e. The van der Waals surface area contributed by atoms with Crippen LogP contribution in [0, 0.1) is 0 Å². The van der Waals surface area contributed by atoms with Crippen LogP contribution >= 0.6 is 27.3 Å². The minimum absolute atomic E-state index is 0.0673. The average molecular weight is 339 g/mol. The SMILES string of the molecule is CCN(Cc1cccs1)c1ccc([C@H](C)N)cc1Br. The van der Waals surface area contributed by atoms with Crippen LogP contribution in [-0.4, -0.2) is 6.54 Å². The van der Waals surface area contributed by atoms with Gasteiger partial charge in [-0.3, -0.25) is 0 Å². The Kier molecular flexibility index (Phi) is 5.02. The van der Waals surface area contributed by atoms with E-state index in [0.717, 1.165) is 23.1 Å². The van der Waals surface area contributed by atoms with E-state index in [1.807, 2.05) is 6.92 Å². The summed E-state index contributed by atoms with van der Waals surface area (Å²) in [5.41, 5.74) is 8.30. The van der Waals surface area contributed by atoms with Gasteiger partial charge < -0.3 is 10.6 Å². The molecule has 1 aromatic carbocycles. The number of rotatable bonds is 5. The molecule has 19 heavy (non-hydrogen) atoms. The number of thiophene rings is 1. The van der Waals surface area contributed by atoms with Gasteiger partial charge in [0.2, 0.25) is 0 Å². The normalized spacial score (nSPS) is 12.4. The summed E-state index contributed by atoms with van der Waals surface area (Å²) in [6.45, 7) is 6.11. The van der Waals surface area contributed by atoms with Crippen molar-refractivity contribution in [3.8, 4) is 0 Å². The number of halogens is 1. The third-order valence-electron chi connectivity index (χ3n) is 3.15. The molecule has 0 amide bonds. The zero-order valence-electron chi connectivity index (χ0n) is 11.3. The van der Waals surface area contributed by atoms with Crippen LogP contribution in [0.1, 0.15) is 30.3 Å². The molecule has 1 atom stereocenters. The molecule has 0 bridgehead atoms. The van der Waals surface area contributed by atoms with Crippen LogP contribution in [-0.2, 0) is 6.54 Å². The Morgan fingerprint density at radius 3 is 2.68 bits per heavy atom. The summed E-state index contributed by atoms with van der Waals surface area (Å²) in [5, 5.41) is 2.12. The number of nitrogens with zero attached hydrogens (tertiary/aromatic N) is 1. The van der Waals surface area contributed by atoms with Gasteiger partial charge in [-0.05, 0) is 58.9 Å². The minimum atomic E-state index is 0.0673. The molecule has 0 spiro atoms. The lowest BCUT2D eigenvalue weighted by molar-refractivity contribution is 0.810. The quantitative estimate of drug-likeness (QED) is 0.865. The first-order valence-electron chi connectivity index (χ1n) is 6.44. The Bertz CT molecular complexity index is 523. The topological polar surface area (TPSA) is 29.3 Å². The maximum absolute atomic E-state index is 5.92. The summed E-state index contributed by atoms with van der Waals surface area (Å²) in [5.74, 6) is 0. The van der Waals surface area contributed by atoms with Crippen molar-refractivity contribution in [2.24, 2.45) is 5.73 Å². The van der Waals surface area contributed by atoms with Gasteiger partial charge in [-0.2, -0.15) is 0 Å². The lowest BCUT2D eigenvalue weighted by Gasteiger charge is -2.24. The fraction of sp³-hybridized carbons (Fsp3) is 0.333. The monoisotopic (exact) mass is 338 g/mol. The number of anilines is 1. The Morgan fingerprint density at radius 2 is 2.16 bits per heavy atom. The van der Waals surface area contributed by atoms with Crippen LogP contribution < -0.4 is 10.6 Å². The Morgan fingerprint density at radius 1 is 1.37 bits per heavy atom. The molecule has 2 N–H and O–H groups in total. The van der Waals surface area contributed by atoms with Crippen LogP contribution in [0.4, 0.5) is 5.69 Å². The maximum Gasteiger partial charge on any atom is 0.0523 e. The van der Waals surface area contributed by atoms with Gasteiger partial charge in [0, 0.05) is 21.9 Å². The second kappa shape index (κ2) is 6.55. The summed E-state index contributed by atoms with van der Waals surface area (Å²) in [6.07, 6.45) is 0. The molecular formula is C15H19BrN2S. The minimum Gasteiger partial charge on any atom is -0.366 e. The van der Waals surface area contributed by atoms with Crippen molar-refractivity contribution in [3.63, 3.8) is 0 Å². The summed E-state index contributed by atoms with van der Waals surface area (Å²) in [4.78, 5) is 3.74. The van der Waals surface area contributed by atoms with Crippen molar-refractivity contribution in [2.45, 2.75) is 26.4 Å². The predicted octanol–water partition coefficient (Wildman–Crippen LogP) is 4.56. The molecule has 0 aliphatic rings. The molecule has 102 valence electrons. The van der Waals surface area contributed by atoms with Crippen LogP contribution in [0.15, 0.2) is 40.2 Å². The number of hydrogen-bond donors (Lipinski definition) is 1. The van der Waals surface area contributed by atoms with Crippen molar-refractivity contribution in [2.75, 3.05) is 11.4 Å².